The van der Waals surface area contributed by atoms with Crippen LogP contribution in [0.1, 0.15) is 24.9 Å². The molecule has 2 atom stereocenters. The number of nitrogens with zero attached hydrogens (tertiary/aromatic N) is 2. The molecule has 106 valence electrons. The zero-order chi connectivity index (χ0) is 13.8. The van der Waals surface area contributed by atoms with Crippen LogP contribution in [0.25, 0.3) is 0 Å². The van der Waals surface area contributed by atoms with E-state index in [1.165, 1.54) is 0 Å². The predicted octanol–water partition coefficient (Wildman–Crippen LogP) is 1.85. The van der Waals surface area contributed by atoms with Gasteiger partial charge in [-0.25, -0.2) is 4.39 Å². The summed E-state index contributed by atoms with van der Waals surface area (Å²) in [5.74, 6) is -0.107. The lowest BCUT2D eigenvalue weighted by Gasteiger charge is -2.44. The van der Waals surface area contributed by atoms with E-state index in [-0.39, 0.29) is 11.9 Å². The molecule has 0 bridgehead atoms. The number of hydrogen-bond acceptors (Lipinski definition) is 3. The third-order valence-electron chi connectivity index (χ3n) is 4.05. The minimum absolute atomic E-state index is 0.107. The fourth-order valence-electron chi connectivity index (χ4n) is 3.02. The fourth-order valence-corrected chi connectivity index (χ4v) is 3.02. The summed E-state index contributed by atoms with van der Waals surface area (Å²) < 4.78 is 14.0. The van der Waals surface area contributed by atoms with Crippen LogP contribution in [0.2, 0.25) is 0 Å². The van der Waals surface area contributed by atoms with E-state index in [9.17, 15) is 4.39 Å². The topological polar surface area (TPSA) is 32.5 Å². The van der Waals surface area contributed by atoms with E-state index in [1.54, 1.807) is 12.1 Å². The fraction of sp³-hybridized carbons (Fsp3) is 0.600. The van der Waals surface area contributed by atoms with E-state index in [4.69, 9.17) is 5.73 Å². The summed E-state index contributed by atoms with van der Waals surface area (Å²) in [6, 6.07) is 7.54. The quantitative estimate of drug-likeness (QED) is 0.902. The SMILES string of the molecule is CCC(c1ccccc1F)N1CCN(C)CC1CN. The minimum atomic E-state index is -0.107. The molecule has 2 rings (SSSR count). The van der Waals surface area contributed by atoms with Gasteiger partial charge in [0.1, 0.15) is 5.82 Å². The van der Waals surface area contributed by atoms with Crippen LogP contribution in [-0.4, -0.2) is 49.1 Å². The highest BCUT2D eigenvalue weighted by Gasteiger charge is 2.30. The van der Waals surface area contributed by atoms with Gasteiger partial charge in [-0.2, -0.15) is 0 Å². The molecule has 0 saturated carbocycles. The first-order chi connectivity index (χ1) is 9.17. The Labute approximate surface area is 115 Å². The first-order valence-electron chi connectivity index (χ1n) is 7.06. The summed E-state index contributed by atoms with van der Waals surface area (Å²) in [6.07, 6.45) is 0.904. The molecule has 19 heavy (non-hydrogen) atoms. The summed E-state index contributed by atoms with van der Waals surface area (Å²) >= 11 is 0. The molecule has 0 radical (unpaired) electrons. The van der Waals surface area contributed by atoms with Crippen molar-refractivity contribution in [1.82, 2.24) is 9.80 Å². The number of halogens is 1. The Bertz CT molecular complexity index is 410. The molecular weight excluding hydrogens is 241 g/mol. The molecule has 1 heterocycles. The molecule has 4 heteroatoms. The van der Waals surface area contributed by atoms with E-state index in [0.717, 1.165) is 31.6 Å². The highest BCUT2D eigenvalue weighted by Crippen LogP contribution is 2.29. The molecule has 2 N–H and O–H groups in total. The zero-order valence-corrected chi connectivity index (χ0v) is 11.8. The van der Waals surface area contributed by atoms with Crippen LogP contribution in [0, 0.1) is 5.82 Å². The molecular formula is C15H24FN3. The lowest BCUT2D eigenvalue weighted by molar-refractivity contribution is 0.0525. The average Bonchev–Trinajstić information content (AvgIpc) is 2.43. The van der Waals surface area contributed by atoms with Crippen molar-refractivity contribution in [3.8, 4) is 0 Å². The van der Waals surface area contributed by atoms with Gasteiger partial charge in [0.05, 0.1) is 0 Å². The van der Waals surface area contributed by atoms with Crippen LogP contribution in [-0.2, 0) is 0 Å². The van der Waals surface area contributed by atoms with Crippen molar-refractivity contribution in [1.29, 1.82) is 0 Å². The van der Waals surface area contributed by atoms with Gasteiger partial charge in [0.25, 0.3) is 0 Å². The molecule has 1 fully saturated rings. The monoisotopic (exact) mass is 265 g/mol. The normalized spacial score (nSPS) is 23.5. The van der Waals surface area contributed by atoms with Crippen LogP contribution in [0.3, 0.4) is 0 Å². The molecule has 0 aromatic heterocycles. The van der Waals surface area contributed by atoms with E-state index >= 15 is 0 Å². The maximum atomic E-state index is 14.0. The number of likely N-dealkylation sites (N-methyl/N-ethyl adjacent to an activating group) is 1. The second-order valence-corrected chi connectivity index (χ2v) is 5.34. The Morgan fingerprint density at radius 2 is 2.11 bits per heavy atom. The van der Waals surface area contributed by atoms with Gasteiger partial charge in [-0.05, 0) is 19.5 Å². The maximum Gasteiger partial charge on any atom is 0.127 e. The number of nitrogens with two attached hydrogens (primary N) is 1. The highest BCUT2D eigenvalue weighted by atomic mass is 19.1. The molecule has 1 aliphatic rings. The smallest absolute Gasteiger partial charge is 0.127 e. The standard InChI is InChI=1S/C15H24FN3/c1-3-15(13-6-4-5-7-14(13)16)19-9-8-18(2)11-12(19)10-17/h4-7,12,15H,3,8-11,17H2,1-2H3. The average molecular weight is 265 g/mol. The second kappa shape index (κ2) is 6.46. The first-order valence-corrected chi connectivity index (χ1v) is 7.06. The summed E-state index contributed by atoms with van der Waals surface area (Å²) in [6.45, 7) is 5.66. The van der Waals surface area contributed by atoms with Gasteiger partial charge in [-0.15, -0.1) is 0 Å². The molecule has 3 nitrogen and oxygen atoms in total. The summed E-state index contributed by atoms with van der Waals surface area (Å²) in [5.41, 5.74) is 6.70. The van der Waals surface area contributed by atoms with Crippen LogP contribution in [0.15, 0.2) is 24.3 Å². The maximum absolute atomic E-state index is 14.0. The summed E-state index contributed by atoms with van der Waals surface area (Å²) in [4.78, 5) is 4.67. The Morgan fingerprint density at radius 3 is 2.74 bits per heavy atom. The number of rotatable bonds is 4. The van der Waals surface area contributed by atoms with Crippen molar-refractivity contribution in [2.45, 2.75) is 25.4 Å². The molecule has 1 saturated heterocycles. The predicted molar refractivity (Wildman–Crippen MR) is 76.5 cm³/mol. The van der Waals surface area contributed by atoms with Crippen LogP contribution < -0.4 is 5.73 Å². The van der Waals surface area contributed by atoms with Gasteiger partial charge in [0.15, 0.2) is 0 Å². The van der Waals surface area contributed by atoms with Crippen molar-refractivity contribution in [3.63, 3.8) is 0 Å². The van der Waals surface area contributed by atoms with E-state index < -0.39 is 0 Å². The number of hydrogen-bond donors (Lipinski definition) is 1. The van der Waals surface area contributed by atoms with E-state index in [2.05, 4.69) is 23.8 Å². The Morgan fingerprint density at radius 1 is 1.37 bits per heavy atom. The van der Waals surface area contributed by atoms with Crippen molar-refractivity contribution >= 4 is 0 Å². The zero-order valence-electron chi connectivity index (χ0n) is 11.8. The largest absolute Gasteiger partial charge is 0.329 e. The van der Waals surface area contributed by atoms with Crippen molar-refractivity contribution in [2.24, 2.45) is 5.73 Å². The Balaban J connectivity index is 2.23. The van der Waals surface area contributed by atoms with Crippen molar-refractivity contribution < 1.29 is 4.39 Å². The minimum Gasteiger partial charge on any atom is -0.329 e. The summed E-state index contributed by atoms with van der Waals surface area (Å²) in [5, 5.41) is 0. The molecule has 2 unspecified atom stereocenters. The van der Waals surface area contributed by atoms with Gasteiger partial charge in [-0.3, -0.25) is 4.90 Å². The molecule has 1 aliphatic heterocycles. The van der Waals surface area contributed by atoms with Crippen LogP contribution in [0.4, 0.5) is 4.39 Å². The Hall–Kier alpha value is -0.970. The van der Waals surface area contributed by atoms with Gasteiger partial charge in [-0.1, -0.05) is 25.1 Å². The lowest BCUT2D eigenvalue weighted by Crippen LogP contribution is -2.55. The van der Waals surface area contributed by atoms with E-state index in [1.807, 2.05) is 12.1 Å². The van der Waals surface area contributed by atoms with Gasteiger partial charge >= 0.3 is 0 Å². The van der Waals surface area contributed by atoms with Crippen molar-refractivity contribution in [3.05, 3.63) is 35.6 Å². The van der Waals surface area contributed by atoms with Crippen LogP contribution >= 0.6 is 0 Å². The first kappa shape index (κ1) is 14.4. The van der Waals surface area contributed by atoms with Gasteiger partial charge in [0.2, 0.25) is 0 Å². The second-order valence-electron chi connectivity index (χ2n) is 5.34. The Kier molecular flexibility index (Phi) is 4.91. The van der Waals surface area contributed by atoms with Gasteiger partial charge < -0.3 is 10.6 Å². The van der Waals surface area contributed by atoms with Crippen molar-refractivity contribution in [2.75, 3.05) is 33.2 Å². The molecule has 1 aromatic carbocycles. The molecule has 0 spiro atoms. The van der Waals surface area contributed by atoms with Gasteiger partial charge in [0, 0.05) is 43.8 Å². The van der Waals surface area contributed by atoms with Crippen LogP contribution in [0.5, 0.6) is 0 Å². The molecule has 0 aliphatic carbocycles. The highest BCUT2D eigenvalue weighted by molar-refractivity contribution is 5.21. The number of benzene rings is 1. The summed E-state index contributed by atoms with van der Waals surface area (Å²) in [7, 11) is 2.12. The third-order valence-corrected chi connectivity index (χ3v) is 4.05. The third kappa shape index (κ3) is 3.14. The lowest BCUT2D eigenvalue weighted by atomic mass is 9.98. The molecule has 0 amide bonds. The van der Waals surface area contributed by atoms with E-state index in [0.29, 0.717) is 12.6 Å². The number of piperazine rings is 1. The molecule has 1 aromatic rings.